The van der Waals surface area contributed by atoms with E-state index in [4.69, 9.17) is 10.5 Å². The summed E-state index contributed by atoms with van der Waals surface area (Å²) in [5.41, 5.74) is 8.86. The maximum atomic E-state index is 13.6. The molecule has 3 N–H and O–H groups in total. The first-order valence-electron chi connectivity index (χ1n) is 11.3. The van der Waals surface area contributed by atoms with Crippen LogP contribution in [0.4, 0.5) is 10.1 Å². The summed E-state index contributed by atoms with van der Waals surface area (Å²) in [6, 6.07) is 13.3. The van der Waals surface area contributed by atoms with Crippen molar-refractivity contribution in [3.63, 3.8) is 0 Å². The molecule has 0 aliphatic carbocycles. The molecule has 0 aliphatic rings. The van der Waals surface area contributed by atoms with Gasteiger partial charge in [0, 0.05) is 46.2 Å². The number of carbonyl (C=O) groups is 2. The minimum absolute atomic E-state index is 0.162. The van der Waals surface area contributed by atoms with E-state index >= 15 is 0 Å². The average molecular weight is 517 g/mol. The maximum absolute atomic E-state index is 13.6. The predicted molar refractivity (Wildman–Crippen MR) is 138 cm³/mol. The number of aromatic nitrogens is 4. The van der Waals surface area contributed by atoms with Crippen LogP contribution in [-0.2, 0) is 16.1 Å². The third-order valence-electron chi connectivity index (χ3n) is 5.47. The topological polar surface area (TPSA) is 125 Å². The number of thiazole rings is 1. The van der Waals surface area contributed by atoms with Gasteiger partial charge in [0.15, 0.2) is 0 Å². The monoisotopic (exact) mass is 516 g/mol. The summed E-state index contributed by atoms with van der Waals surface area (Å²) in [6.07, 6.45) is 5.16. The number of carbonyl (C=O) groups excluding carboxylic acids is 2. The van der Waals surface area contributed by atoms with Gasteiger partial charge in [0.1, 0.15) is 23.1 Å². The largest absolute Gasteiger partial charge is 0.370 e. The van der Waals surface area contributed by atoms with Crippen molar-refractivity contribution < 1.29 is 18.7 Å². The van der Waals surface area contributed by atoms with Crippen molar-refractivity contribution in [1.29, 1.82) is 0 Å². The van der Waals surface area contributed by atoms with Crippen LogP contribution in [0.25, 0.3) is 32.6 Å². The zero-order valence-electron chi connectivity index (χ0n) is 19.4. The molecule has 3 heterocycles. The Morgan fingerprint density at radius 3 is 2.62 bits per heavy atom. The Balaban J connectivity index is 1.44. The highest BCUT2D eigenvalue weighted by atomic mass is 32.1. The molecule has 0 aliphatic heterocycles. The fourth-order valence-corrected chi connectivity index (χ4v) is 4.54. The predicted octanol–water partition coefficient (Wildman–Crippen LogP) is 4.12. The third kappa shape index (κ3) is 5.68. The van der Waals surface area contributed by atoms with Crippen LogP contribution in [0.5, 0.6) is 0 Å². The van der Waals surface area contributed by atoms with Gasteiger partial charge in [-0.3, -0.25) is 19.3 Å². The highest BCUT2D eigenvalue weighted by Gasteiger charge is 2.17. The Morgan fingerprint density at radius 2 is 1.86 bits per heavy atom. The van der Waals surface area contributed by atoms with Crippen LogP contribution >= 0.6 is 11.3 Å². The molecule has 5 aromatic rings. The second-order valence-electron chi connectivity index (χ2n) is 8.10. The molecular weight excluding hydrogens is 495 g/mol. The van der Waals surface area contributed by atoms with Crippen molar-refractivity contribution in [1.82, 2.24) is 19.7 Å². The lowest BCUT2D eigenvalue weighted by atomic mass is 10.0. The smallest absolute Gasteiger partial charge is 0.275 e. The van der Waals surface area contributed by atoms with E-state index in [2.05, 4.69) is 20.4 Å². The van der Waals surface area contributed by atoms with Gasteiger partial charge in [-0.15, -0.1) is 11.3 Å². The van der Waals surface area contributed by atoms with Gasteiger partial charge >= 0.3 is 0 Å². The molecule has 0 atom stereocenters. The van der Waals surface area contributed by atoms with E-state index in [9.17, 15) is 14.0 Å². The first kappa shape index (κ1) is 24.2. The summed E-state index contributed by atoms with van der Waals surface area (Å²) in [5, 5.41) is 10.7. The molecule has 0 bridgehead atoms. The number of ether oxygens (including phenoxy) is 1. The number of anilines is 1. The lowest BCUT2D eigenvalue weighted by molar-refractivity contribution is -0.122. The number of pyridine rings is 1. The maximum Gasteiger partial charge on any atom is 0.275 e. The SMILES string of the molecule is NC(=O)COCCn1cc2cc(NC(=O)c3csc(-c4ccncc4)n3)c(-c3ccc(F)cc3)cc2n1. The third-order valence-corrected chi connectivity index (χ3v) is 6.36. The van der Waals surface area contributed by atoms with Crippen molar-refractivity contribution in [3.8, 4) is 21.7 Å². The lowest BCUT2D eigenvalue weighted by Gasteiger charge is -2.11. The molecule has 0 radical (unpaired) electrons. The molecule has 3 aromatic heterocycles. The normalized spacial score (nSPS) is 11.1. The van der Waals surface area contributed by atoms with Gasteiger partial charge in [-0.25, -0.2) is 9.37 Å². The van der Waals surface area contributed by atoms with E-state index in [1.54, 1.807) is 34.6 Å². The zero-order valence-corrected chi connectivity index (χ0v) is 20.2. The minimum atomic E-state index is -0.539. The molecule has 0 unspecified atom stereocenters. The fourth-order valence-electron chi connectivity index (χ4n) is 3.73. The van der Waals surface area contributed by atoms with Crippen LogP contribution in [0.15, 0.2) is 72.5 Å². The first-order valence-corrected chi connectivity index (χ1v) is 12.1. The molecule has 9 nitrogen and oxygen atoms in total. The molecule has 11 heteroatoms. The van der Waals surface area contributed by atoms with Gasteiger partial charge in [-0.2, -0.15) is 5.10 Å². The van der Waals surface area contributed by atoms with Crippen molar-refractivity contribution >= 4 is 39.7 Å². The summed E-state index contributed by atoms with van der Waals surface area (Å²) < 4.78 is 20.5. The van der Waals surface area contributed by atoms with E-state index in [1.807, 2.05) is 30.5 Å². The zero-order chi connectivity index (χ0) is 25.8. The Labute approximate surface area is 214 Å². The van der Waals surface area contributed by atoms with Gasteiger partial charge in [-0.1, -0.05) is 12.1 Å². The van der Waals surface area contributed by atoms with Crippen LogP contribution in [0, 0.1) is 5.82 Å². The van der Waals surface area contributed by atoms with E-state index in [0.717, 1.165) is 10.9 Å². The molecule has 0 spiro atoms. The highest BCUT2D eigenvalue weighted by molar-refractivity contribution is 7.13. The Morgan fingerprint density at radius 1 is 1.08 bits per heavy atom. The fraction of sp³-hybridized carbons (Fsp3) is 0.115. The molecular formula is C26H21FN6O3S. The van der Waals surface area contributed by atoms with Gasteiger partial charge in [0.05, 0.1) is 18.7 Å². The van der Waals surface area contributed by atoms with Crippen molar-refractivity contribution in [2.45, 2.75) is 6.54 Å². The van der Waals surface area contributed by atoms with Crippen LogP contribution in [0.2, 0.25) is 0 Å². The summed E-state index contributed by atoms with van der Waals surface area (Å²) in [6.45, 7) is 0.506. The van der Waals surface area contributed by atoms with Gasteiger partial charge in [-0.05, 0) is 42.0 Å². The quantitative estimate of drug-likeness (QED) is 0.284. The molecule has 37 heavy (non-hydrogen) atoms. The number of benzene rings is 2. The van der Waals surface area contributed by atoms with E-state index < -0.39 is 5.91 Å². The minimum Gasteiger partial charge on any atom is -0.370 e. The molecule has 2 aromatic carbocycles. The summed E-state index contributed by atoms with van der Waals surface area (Å²) in [4.78, 5) is 32.5. The number of amides is 2. The van der Waals surface area contributed by atoms with E-state index in [-0.39, 0.29) is 30.6 Å². The van der Waals surface area contributed by atoms with Crippen LogP contribution in [0.3, 0.4) is 0 Å². The van der Waals surface area contributed by atoms with Crippen molar-refractivity contribution in [3.05, 3.63) is 84.0 Å². The van der Waals surface area contributed by atoms with Crippen molar-refractivity contribution in [2.24, 2.45) is 5.73 Å². The van der Waals surface area contributed by atoms with Crippen LogP contribution < -0.4 is 11.1 Å². The molecule has 0 fully saturated rings. The second-order valence-corrected chi connectivity index (χ2v) is 8.96. The lowest BCUT2D eigenvalue weighted by Crippen LogP contribution is -2.19. The molecule has 186 valence electrons. The Hall–Kier alpha value is -4.48. The average Bonchev–Trinajstić information content (AvgIpc) is 3.54. The number of fused-ring (bicyclic) bond motifs is 1. The summed E-state index contributed by atoms with van der Waals surface area (Å²) in [5.74, 6) is -1.27. The molecule has 2 amide bonds. The van der Waals surface area contributed by atoms with Gasteiger partial charge in [0.25, 0.3) is 5.91 Å². The Bertz CT molecular complexity index is 1570. The summed E-state index contributed by atoms with van der Waals surface area (Å²) >= 11 is 1.37. The first-order chi connectivity index (χ1) is 18.0. The molecule has 0 saturated heterocycles. The molecule has 0 saturated carbocycles. The second kappa shape index (κ2) is 10.6. The number of rotatable bonds is 9. The Kier molecular flexibility index (Phi) is 6.97. The number of hydrogen-bond donors (Lipinski definition) is 2. The number of hydrogen-bond acceptors (Lipinski definition) is 7. The number of nitrogens with zero attached hydrogens (tertiary/aromatic N) is 4. The van der Waals surface area contributed by atoms with Crippen LogP contribution in [-0.4, -0.2) is 44.8 Å². The standard InChI is InChI=1S/C26H21FN6O3S/c27-19-3-1-16(2-4-19)20-12-21-18(13-33(32-21)9-10-36-14-24(28)34)11-22(20)30-25(35)23-15-37-26(31-23)17-5-7-29-8-6-17/h1-8,11-13,15H,9-10,14H2,(H2,28,34)(H,30,35). The van der Waals surface area contributed by atoms with Gasteiger partial charge in [0.2, 0.25) is 5.91 Å². The van der Waals surface area contributed by atoms with E-state index in [1.165, 1.54) is 23.5 Å². The van der Waals surface area contributed by atoms with Gasteiger partial charge < -0.3 is 15.8 Å². The summed E-state index contributed by atoms with van der Waals surface area (Å²) in [7, 11) is 0. The van der Waals surface area contributed by atoms with Crippen LogP contribution in [0.1, 0.15) is 10.5 Å². The highest BCUT2D eigenvalue weighted by Crippen LogP contribution is 2.33. The number of nitrogens with one attached hydrogen (secondary N) is 1. The van der Waals surface area contributed by atoms with Crippen molar-refractivity contribution in [2.75, 3.05) is 18.5 Å². The number of halogens is 1. The molecule has 5 rings (SSSR count). The number of primary amides is 1. The van der Waals surface area contributed by atoms with E-state index in [0.29, 0.717) is 33.9 Å². The number of nitrogens with two attached hydrogens (primary N) is 1.